The van der Waals surface area contributed by atoms with Gasteiger partial charge in [0.2, 0.25) is 0 Å². The molecule has 0 radical (unpaired) electrons. The maximum absolute atomic E-state index is 12.9. The average Bonchev–Trinajstić information content (AvgIpc) is 3.23. The van der Waals surface area contributed by atoms with Crippen LogP contribution in [0.15, 0.2) is 60.7 Å². The number of rotatable bonds is 6. The molecular formula is C26H26N4O3. The highest BCUT2D eigenvalue weighted by atomic mass is 16.6. The Labute approximate surface area is 192 Å². The number of aryl methyl sites for hydroxylation is 2. The first-order chi connectivity index (χ1) is 15.8. The van der Waals surface area contributed by atoms with Crippen molar-refractivity contribution in [2.75, 3.05) is 0 Å². The van der Waals surface area contributed by atoms with Gasteiger partial charge < -0.3 is 4.74 Å². The molecule has 2 aromatic heterocycles. The quantitative estimate of drug-likeness (QED) is 0.327. The standard InChI is InChI=1S/C26H26N4O3/c1-17-23(19(3)29(27-17)15-21-11-7-5-8-12-21)25(31)33-26(32)24-18(2)28-30(20(24)4)16-22-13-9-6-10-14-22/h5-14H,15-16H2,1-4H3. The number of hydrogen-bond acceptors (Lipinski definition) is 5. The van der Waals surface area contributed by atoms with Crippen LogP contribution in [0.5, 0.6) is 0 Å². The Morgan fingerprint density at radius 2 is 1.03 bits per heavy atom. The summed E-state index contributed by atoms with van der Waals surface area (Å²) in [6, 6.07) is 19.7. The van der Waals surface area contributed by atoms with Crippen molar-refractivity contribution in [3.05, 3.63) is 106 Å². The van der Waals surface area contributed by atoms with Gasteiger partial charge in [0.05, 0.1) is 35.9 Å². The molecule has 7 nitrogen and oxygen atoms in total. The summed E-state index contributed by atoms with van der Waals surface area (Å²) in [6.45, 7) is 8.14. The summed E-state index contributed by atoms with van der Waals surface area (Å²) in [6.07, 6.45) is 0. The highest BCUT2D eigenvalue weighted by Gasteiger charge is 2.26. The second-order valence-electron chi connectivity index (χ2n) is 8.06. The highest BCUT2D eigenvalue weighted by Crippen LogP contribution is 2.20. The molecule has 0 saturated carbocycles. The lowest BCUT2D eigenvalue weighted by molar-refractivity contribution is 0.0396. The molecule has 0 atom stereocenters. The predicted octanol–water partition coefficient (Wildman–Crippen LogP) is 4.41. The first kappa shape index (κ1) is 22.2. The van der Waals surface area contributed by atoms with Crippen LogP contribution in [-0.4, -0.2) is 31.5 Å². The van der Waals surface area contributed by atoms with Gasteiger partial charge in [0.15, 0.2) is 0 Å². The van der Waals surface area contributed by atoms with E-state index in [1.165, 1.54) is 0 Å². The predicted molar refractivity (Wildman–Crippen MR) is 124 cm³/mol. The largest absolute Gasteiger partial charge is 0.385 e. The van der Waals surface area contributed by atoms with Gasteiger partial charge in [-0.2, -0.15) is 10.2 Å². The molecule has 0 bridgehead atoms. The lowest BCUT2D eigenvalue weighted by atomic mass is 10.1. The van der Waals surface area contributed by atoms with E-state index in [2.05, 4.69) is 10.2 Å². The summed E-state index contributed by atoms with van der Waals surface area (Å²) in [5.41, 5.74) is 5.11. The zero-order valence-corrected chi connectivity index (χ0v) is 19.2. The fourth-order valence-corrected chi connectivity index (χ4v) is 3.99. The highest BCUT2D eigenvalue weighted by molar-refractivity contribution is 6.04. The summed E-state index contributed by atoms with van der Waals surface area (Å²) < 4.78 is 8.79. The minimum Gasteiger partial charge on any atom is -0.385 e. The Morgan fingerprint density at radius 1 is 0.667 bits per heavy atom. The van der Waals surface area contributed by atoms with Crippen LogP contribution in [0, 0.1) is 27.7 Å². The summed E-state index contributed by atoms with van der Waals surface area (Å²) >= 11 is 0. The van der Waals surface area contributed by atoms with E-state index >= 15 is 0 Å². The minimum absolute atomic E-state index is 0.311. The van der Waals surface area contributed by atoms with Crippen LogP contribution in [-0.2, 0) is 17.8 Å². The molecule has 0 amide bonds. The van der Waals surface area contributed by atoms with E-state index in [-0.39, 0.29) is 0 Å². The Morgan fingerprint density at radius 3 is 1.39 bits per heavy atom. The molecule has 4 aromatic rings. The van der Waals surface area contributed by atoms with Gasteiger partial charge in [0.1, 0.15) is 11.1 Å². The number of aromatic nitrogens is 4. The fraction of sp³-hybridized carbons (Fsp3) is 0.231. The summed E-state index contributed by atoms with van der Waals surface area (Å²) in [4.78, 5) is 25.9. The van der Waals surface area contributed by atoms with E-state index in [0.717, 1.165) is 11.1 Å². The Balaban J connectivity index is 1.53. The molecule has 0 N–H and O–H groups in total. The van der Waals surface area contributed by atoms with Crippen molar-refractivity contribution in [2.24, 2.45) is 0 Å². The van der Waals surface area contributed by atoms with Crippen LogP contribution in [0.3, 0.4) is 0 Å². The molecule has 0 aliphatic heterocycles. The zero-order valence-electron chi connectivity index (χ0n) is 19.2. The van der Waals surface area contributed by atoms with Crippen LogP contribution in [0.1, 0.15) is 54.6 Å². The van der Waals surface area contributed by atoms with Crippen molar-refractivity contribution in [1.82, 2.24) is 19.6 Å². The first-order valence-electron chi connectivity index (χ1n) is 10.8. The molecule has 0 aliphatic carbocycles. The van der Waals surface area contributed by atoms with Crippen LogP contribution in [0.2, 0.25) is 0 Å². The molecule has 0 saturated heterocycles. The van der Waals surface area contributed by atoms with Gasteiger partial charge >= 0.3 is 11.9 Å². The maximum atomic E-state index is 12.9. The van der Waals surface area contributed by atoms with Crippen molar-refractivity contribution >= 4 is 11.9 Å². The number of ether oxygens (including phenoxy) is 1. The van der Waals surface area contributed by atoms with Gasteiger partial charge in [-0.25, -0.2) is 9.59 Å². The van der Waals surface area contributed by atoms with Gasteiger partial charge in [-0.05, 0) is 38.8 Å². The monoisotopic (exact) mass is 442 g/mol. The zero-order chi connectivity index (χ0) is 23.5. The van der Waals surface area contributed by atoms with Crippen LogP contribution in [0.4, 0.5) is 0 Å². The van der Waals surface area contributed by atoms with Gasteiger partial charge in [-0.15, -0.1) is 0 Å². The lowest BCUT2D eigenvalue weighted by Crippen LogP contribution is -2.16. The molecule has 33 heavy (non-hydrogen) atoms. The Bertz CT molecular complexity index is 1200. The summed E-state index contributed by atoms with van der Waals surface area (Å²) in [5, 5.41) is 8.96. The van der Waals surface area contributed by atoms with Crippen molar-refractivity contribution in [3.63, 3.8) is 0 Å². The van der Waals surface area contributed by atoms with E-state index in [1.807, 2.05) is 60.7 Å². The van der Waals surface area contributed by atoms with E-state index in [1.54, 1.807) is 37.1 Å². The van der Waals surface area contributed by atoms with E-state index in [4.69, 9.17) is 4.74 Å². The maximum Gasteiger partial charge on any atom is 0.349 e. The number of nitrogens with zero attached hydrogens (tertiary/aromatic N) is 4. The van der Waals surface area contributed by atoms with Crippen molar-refractivity contribution in [2.45, 2.75) is 40.8 Å². The summed E-state index contributed by atoms with van der Waals surface area (Å²) in [7, 11) is 0. The van der Waals surface area contributed by atoms with Gasteiger partial charge in [-0.1, -0.05) is 60.7 Å². The van der Waals surface area contributed by atoms with Crippen molar-refractivity contribution in [3.8, 4) is 0 Å². The van der Waals surface area contributed by atoms with E-state index in [9.17, 15) is 9.59 Å². The second-order valence-corrected chi connectivity index (χ2v) is 8.06. The number of carbonyl (C=O) groups excluding carboxylic acids is 2. The third-order valence-corrected chi connectivity index (χ3v) is 5.71. The molecular weight excluding hydrogens is 416 g/mol. The van der Waals surface area contributed by atoms with E-state index < -0.39 is 11.9 Å². The van der Waals surface area contributed by atoms with Crippen LogP contribution in [0.25, 0.3) is 0 Å². The number of carbonyl (C=O) groups is 2. The Kier molecular flexibility index (Phi) is 6.22. The van der Waals surface area contributed by atoms with E-state index in [0.29, 0.717) is 47.0 Å². The van der Waals surface area contributed by atoms with Crippen LogP contribution < -0.4 is 0 Å². The third kappa shape index (κ3) is 4.62. The van der Waals surface area contributed by atoms with Crippen LogP contribution >= 0.6 is 0 Å². The SMILES string of the molecule is Cc1nn(Cc2ccccc2)c(C)c1C(=O)OC(=O)c1c(C)nn(Cc2ccccc2)c1C. The first-order valence-corrected chi connectivity index (χ1v) is 10.8. The molecule has 4 rings (SSSR count). The average molecular weight is 443 g/mol. The van der Waals surface area contributed by atoms with Gasteiger partial charge in [-0.3, -0.25) is 9.36 Å². The van der Waals surface area contributed by atoms with Crippen molar-refractivity contribution in [1.29, 1.82) is 0 Å². The van der Waals surface area contributed by atoms with Gasteiger partial charge in [0, 0.05) is 0 Å². The number of benzene rings is 2. The molecule has 0 fully saturated rings. The smallest absolute Gasteiger partial charge is 0.349 e. The molecule has 168 valence electrons. The van der Waals surface area contributed by atoms with Crippen molar-refractivity contribution < 1.29 is 14.3 Å². The fourth-order valence-electron chi connectivity index (χ4n) is 3.99. The molecule has 0 spiro atoms. The Hall–Kier alpha value is -4.00. The molecule has 0 unspecified atom stereocenters. The number of esters is 2. The molecule has 0 aliphatic rings. The normalized spacial score (nSPS) is 10.9. The minimum atomic E-state index is -0.705. The third-order valence-electron chi connectivity index (χ3n) is 5.71. The molecule has 2 aromatic carbocycles. The summed E-state index contributed by atoms with van der Waals surface area (Å²) in [5.74, 6) is -1.41. The lowest BCUT2D eigenvalue weighted by Gasteiger charge is -2.07. The van der Waals surface area contributed by atoms with Gasteiger partial charge in [0.25, 0.3) is 0 Å². The molecule has 7 heteroatoms. The number of hydrogen-bond donors (Lipinski definition) is 0. The molecule has 2 heterocycles. The topological polar surface area (TPSA) is 79.0 Å². The second kappa shape index (κ2) is 9.24.